The molecule has 1 saturated heterocycles. The Morgan fingerprint density at radius 3 is 2.47 bits per heavy atom. The minimum Gasteiger partial charge on any atom is -0.379 e. The number of ether oxygens (including phenoxy) is 1. The van der Waals surface area contributed by atoms with Crippen molar-refractivity contribution in [2.75, 3.05) is 26.3 Å². The van der Waals surface area contributed by atoms with E-state index in [1.165, 1.54) is 0 Å². The van der Waals surface area contributed by atoms with Crippen molar-refractivity contribution in [2.24, 2.45) is 11.7 Å². The fourth-order valence-corrected chi connectivity index (χ4v) is 2.28. The SMILES string of the molecule is CCC(CC)CN(CC)C(=O)C1(N)CCOC1. The van der Waals surface area contributed by atoms with Gasteiger partial charge in [-0.25, -0.2) is 0 Å². The van der Waals surface area contributed by atoms with Gasteiger partial charge >= 0.3 is 0 Å². The molecular formula is C13H26N2O2. The molecule has 0 aromatic carbocycles. The van der Waals surface area contributed by atoms with Crippen molar-refractivity contribution in [3.05, 3.63) is 0 Å². The van der Waals surface area contributed by atoms with E-state index < -0.39 is 5.54 Å². The lowest BCUT2D eigenvalue weighted by Gasteiger charge is -2.32. The molecule has 0 aromatic rings. The maximum absolute atomic E-state index is 12.4. The van der Waals surface area contributed by atoms with Crippen molar-refractivity contribution in [1.29, 1.82) is 0 Å². The lowest BCUT2D eigenvalue weighted by atomic mass is 9.96. The van der Waals surface area contributed by atoms with Gasteiger partial charge in [-0.15, -0.1) is 0 Å². The molecular weight excluding hydrogens is 216 g/mol. The second kappa shape index (κ2) is 6.36. The average molecular weight is 242 g/mol. The summed E-state index contributed by atoms with van der Waals surface area (Å²) in [5, 5.41) is 0. The Morgan fingerprint density at radius 2 is 2.06 bits per heavy atom. The summed E-state index contributed by atoms with van der Waals surface area (Å²) in [6, 6.07) is 0. The third-order valence-electron chi connectivity index (χ3n) is 3.78. The van der Waals surface area contributed by atoms with E-state index in [1.54, 1.807) is 0 Å². The van der Waals surface area contributed by atoms with Crippen molar-refractivity contribution >= 4 is 5.91 Å². The van der Waals surface area contributed by atoms with Gasteiger partial charge in [-0.3, -0.25) is 4.79 Å². The molecule has 1 aliphatic heterocycles. The molecule has 0 radical (unpaired) electrons. The number of hydrogen-bond donors (Lipinski definition) is 1. The Balaban J connectivity index is 2.63. The van der Waals surface area contributed by atoms with Gasteiger partial charge in [0, 0.05) is 19.7 Å². The summed E-state index contributed by atoms with van der Waals surface area (Å²) in [7, 11) is 0. The zero-order chi connectivity index (χ0) is 12.9. The van der Waals surface area contributed by atoms with Crippen LogP contribution in [-0.4, -0.2) is 42.6 Å². The summed E-state index contributed by atoms with van der Waals surface area (Å²) in [6.45, 7) is 8.87. The summed E-state index contributed by atoms with van der Waals surface area (Å²) >= 11 is 0. The molecule has 1 fully saturated rings. The molecule has 1 heterocycles. The molecule has 100 valence electrons. The molecule has 4 nitrogen and oxygen atoms in total. The summed E-state index contributed by atoms with van der Waals surface area (Å²) in [4.78, 5) is 14.3. The van der Waals surface area contributed by atoms with E-state index in [2.05, 4.69) is 13.8 Å². The first kappa shape index (κ1) is 14.5. The normalized spacial score (nSPS) is 24.3. The average Bonchev–Trinajstić information content (AvgIpc) is 2.78. The summed E-state index contributed by atoms with van der Waals surface area (Å²) in [5.74, 6) is 0.634. The van der Waals surface area contributed by atoms with E-state index in [9.17, 15) is 4.79 Å². The van der Waals surface area contributed by atoms with Crippen LogP contribution in [0.2, 0.25) is 0 Å². The van der Waals surface area contributed by atoms with Crippen molar-refractivity contribution in [3.63, 3.8) is 0 Å². The monoisotopic (exact) mass is 242 g/mol. The molecule has 1 aliphatic rings. The van der Waals surface area contributed by atoms with E-state index in [4.69, 9.17) is 10.5 Å². The molecule has 0 spiro atoms. The van der Waals surface area contributed by atoms with Crippen LogP contribution in [0.1, 0.15) is 40.0 Å². The summed E-state index contributed by atoms with van der Waals surface area (Å²) in [5.41, 5.74) is 5.35. The molecule has 0 saturated carbocycles. The maximum atomic E-state index is 12.4. The summed E-state index contributed by atoms with van der Waals surface area (Å²) in [6.07, 6.45) is 2.86. The fraction of sp³-hybridized carbons (Fsp3) is 0.923. The number of nitrogens with two attached hydrogens (primary N) is 1. The van der Waals surface area contributed by atoms with Crippen molar-refractivity contribution in [3.8, 4) is 0 Å². The predicted octanol–water partition coefficient (Wildman–Crippen LogP) is 1.39. The van der Waals surface area contributed by atoms with Gasteiger partial charge in [0.15, 0.2) is 0 Å². The van der Waals surface area contributed by atoms with E-state index in [0.717, 1.165) is 25.9 Å². The van der Waals surface area contributed by atoms with Crippen molar-refractivity contribution in [1.82, 2.24) is 4.90 Å². The van der Waals surface area contributed by atoms with Gasteiger partial charge in [0.2, 0.25) is 5.91 Å². The highest BCUT2D eigenvalue weighted by Crippen LogP contribution is 2.20. The first-order valence-corrected chi connectivity index (χ1v) is 6.73. The number of amides is 1. The third kappa shape index (κ3) is 3.42. The van der Waals surface area contributed by atoms with Crippen molar-refractivity contribution < 1.29 is 9.53 Å². The molecule has 1 unspecified atom stereocenters. The van der Waals surface area contributed by atoms with Gasteiger partial charge in [-0.1, -0.05) is 26.7 Å². The van der Waals surface area contributed by atoms with E-state index in [1.807, 2.05) is 11.8 Å². The van der Waals surface area contributed by atoms with Gasteiger partial charge < -0.3 is 15.4 Å². The third-order valence-corrected chi connectivity index (χ3v) is 3.78. The van der Waals surface area contributed by atoms with Gasteiger partial charge in [-0.05, 0) is 19.3 Å². The van der Waals surface area contributed by atoms with Crippen LogP contribution in [0.4, 0.5) is 0 Å². The van der Waals surface area contributed by atoms with Gasteiger partial charge in [-0.2, -0.15) is 0 Å². The Bertz CT molecular complexity index is 246. The van der Waals surface area contributed by atoms with Gasteiger partial charge in [0.1, 0.15) is 5.54 Å². The molecule has 1 amide bonds. The van der Waals surface area contributed by atoms with Gasteiger partial charge in [0.25, 0.3) is 0 Å². The number of rotatable bonds is 6. The van der Waals surface area contributed by atoms with Crippen LogP contribution in [-0.2, 0) is 9.53 Å². The van der Waals surface area contributed by atoms with Gasteiger partial charge in [0.05, 0.1) is 6.61 Å². The minimum absolute atomic E-state index is 0.0596. The van der Waals surface area contributed by atoms with Crippen LogP contribution in [0.15, 0.2) is 0 Å². The Kier molecular flexibility index (Phi) is 5.40. The van der Waals surface area contributed by atoms with Crippen LogP contribution < -0.4 is 5.73 Å². The number of carbonyl (C=O) groups is 1. The van der Waals surface area contributed by atoms with Crippen LogP contribution in [0.3, 0.4) is 0 Å². The van der Waals surface area contributed by atoms with E-state index in [-0.39, 0.29) is 5.91 Å². The fourth-order valence-electron chi connectivity index (χ4n) is 2.28. The number of nitrogens with zero attached hydrogens (tertiary/aromatic N) is 1. The lowest BCUT2D eigenvalue weighted by molar-refractivity contribution is -0.137. The highest BCUT2D eigenvalue weighted by atomic mass is 16.5. The minimum atomic E-state index is -0.776. The van der Waals surface area contributed by atoms with E-state index >= 15 is 0 Å². The van der Waals surface area contributed by atoms with Crippen molar-refractivity contribution in [2.45, 2.75) is 45.6 Å². The zero-order valence-corrected chi connectivity index (χ0v) is 11.4. The predicted molar refractivity (Wildman–Crippen MR) is 68.7 cm³/mol. The van der Waals surface area contributed by atoms with Crippen LogP contribution in [0.5, 0.6) is 0 Å². The van der Waals surface area contributed by atoms with Crippen LogP contribution in [0, 0.1) is 5.92 Å². The highest BCUT2D eigenvalue weighted by molar-refractivity contribution is 5.86. The Hall–Kier alpha value is -0.610. The number of likely N-dealkylation sites (N-methyl/N-ethyl adjacent to an activating group) is 1. The number of hydrogen-bond acceptors (Lipinski definition) is 3. The molecule has 17 heavy (non-hydrogen) atoms. The molecule has 4 heteroatoms. The maximum Gasteiger partial charge on any atom is 0.245 e. The summed E-state index contributed by atoms with van der Waals surface area (Å²) < 4.78 is 5.26. The largest absolute Gasteiger partial charge is 0.379 e. The lowest BCUT2D eigenvalue weighted by Crippen LogP contribution is -2.56. The highest BCUT2D eigenvalue weighted by Gasteiger charge is 2.40. The molecule has 0 bridgehead atoms. The quantitative estimate of drug-likeness (QED) is 0.765. The smallest absolute Gasteiger partial charge is 0.245 e. The molecule has 2 N–H and O–H groups in total. The molecule has 0 aliphatic carbocycles. The Labute approximate surface area is 104 Å². The standard InChI is InChI=1S/C13H26N2O2/c1-4-11(5-2)9-15(6-3)12(16)13(14)7-8-17-10-13/h11H,4-10,14H2,1-3H3. The second-order valence-corrected chi connectivity index (χ2v) is 4.99. The topological polar surface area (TPSA) is 55.6 Å². The second-order valence-electron chi connectivity index (χ2n) is 4.99. The first-order chi connectivity index (χ1) is 8.07. The van der Waals surface area contributed by atoms with Crippen LogP contribution >= 0.6 is 0 Å². The molecule has 1 rings (SSSR count). The first-order valence-electron chi connectivity index (χ1n) is 6.73. The zero-order valence-electron chi connectivity index (χ0n) is 11.4. The van der Waals surface area contributed by atoms with E-state index in [0.29, 0.717) is 25.6 Å². The molecule has 0 aromatic heterocycles. The molecule has 1 atom stereocenters. The number of carbonyl (C=O) groups excluding carboxylic acids is 1. The Morgan fingerprint density at radius 1 is 1.41 bits per heavy atom. The van der Waals surface area contributed by atoms with Crippen LogP contribution in [0.25, 0.3) is 0 Å².